The molecular weight excluding hydrogens is 166 g/mol. The average molecular weight is 182 g/mol. The van der Waals surface area contributed by atoms with Gasteiger partial charge in [0.2, 0.25) is 0 Å². The number of hydrogen-bond donors (Lipinski definition) is 2. The number of carbonyl (C=O) groups excluding carboxylic acids is 1. The molecule has 3 heteroatoms. The largest absolute Gasteiger partial charge is 0.508 e. The van der Waals surface area contributed by atoms with E-state index in [0.717, 1.165) is 13.0 Å². The minimum absolute atomic E-state index is 0.000185. The van der Waals surface area contributed by atoms with Crippen molar-refractivity contribution < 1.29 is 14.0 Å². The monoisotopic (exact) mass is 182 g/mol. The van der Waals surface area contributed by atoms with Gasteiger partial charge < -0.3 is 10.8 Å². The number of Topliss-reactive ketones (excluding diaryl/α,β-unsaturated/α-hetero) is 1. The van der Waals surface area contributed by atoms with E-state index in [4.69, 9.17) is 9.85 Å². The van der Waals surface area contributed by atoms with Crippen molar-refractivity contribution in [2.75, 3.05) is 0 Å². The van der Waals surface area contributed by atoms with Gasteiger partial charge in [-0.3, -0.25) is 4.79 Å². The fourth-order valence-electron chi connectivity index (χ4n) is 0.827. The van der Waals surface area contributed by atoms with Crippen LogP contribution in [0.4, 0.5) is 0 Å². The Kier molecular flexibility index (Phi) is 1.92. The summed E-state index contributed by atoms with van der Waals surface area (Å²) in [4.78, 5) is 11.2. The molecule has 3 nitrogen and oxygen atoms in total. The van der Waals surface area contributed by atoms with Crippen LogP contribution in [0.3, 0.4) is 0 Å². The Morgan fingerprint density at radius 1 is 1.85 bits per heavy atom. The molecule has 1 aromatic carbocycles. The zero-order valence-corrected chi connectivity index (χ0v) is 7.24. The van der Waals surface area contributed by atoms with Crippen molar-refractivity contribution in [3.63, 3.8) is 0 Å². The van der Waals surface area contributed by atoms with E-state index in [1.165, 1.54) is 18.2 Å². The number of nitrogens with two attached hydrogens (primary N) is 1. The van der Waals surface area contributed by atoms with Gasteiger partial charge in [0.15, 0.2) is 0 Å². The Balaban J connectivity index is 3.26. The van der Waals surface area contributed by atoms with E-state index >= 15 is 0 Å². The molecule has 70 valence electrons. The fraction of sp³-hybridized carbons (Fsp3) is 0.300. The van der Waals surface area contributed by atoms with Crippen molar-refractivity contribution in [1.29, 1.82) is 0 Å². The molecule has 0 heterocycles. The number of phenolic OH excluding ortho intramolecular Hbond substituents is 1. The van der Waals surface area contributed by atoms with E-state index in [9.17, 15) is 9.90 Å². The molecule has 13 heavy (non-hydrogen) atoms. The van der Waals surface area contributed by atoms with Gasteiger partial charge in [0, 0.05) is 2.74 Å². The molecule has 0 amide bonds. The minimum atomic E-state index is -2.37. The summed E-state index contributed by atoms with van der Waals surface area (Å²) in [5.74, 6) is -0.915. The summed E-state index contributed by atoms with van der Waals surface area (Å²) < 4.78 is 23.0. The lowest BCUT2D eigenvalue weighted by Gasteiger charge is -2.07. The first-order valence-electron chi connectivity index (χ1n) is 5.29. The summed E-state index contributed by atoms with van der Waals surface area (Å²) in [7, 11) is 0. The Labute approximate surface area is 81.4 Å². The van der Waals surface area contributed by atoms with Crippen LogP contribution in [-0.2, 0) is 11.2 Å². The third-order valence-electron chi connectivity index (χ3n) is 1.50. The summed E-state index contributed by atoms with van der Waals surface area (Å²) in [6.45, 7) is 1.06. The van der Waals surface area contributed by atoms with Crippen LogP contribution in [0.2, 0.25) is 0 Å². The van der Waals surface area contributed by atoms with Crippen LogP contribution < -0.4 is 5.73 Å². The number of carbonyl (C=O) groups is 1. The quantitative estimate of drug-likeness (QED) is 0.728. The molecule has 0 aromatic heterocycles. The van der Waals surface area contributed by atoms with Gasteiger partial charge in [-0.2, -0.15) is 0 Å². The maximum atomic E-state index is 11.2. The van der Waals surface area contributed by atoms with Crippen molar-refractivity contribution >= 4 is 5.78 Å². The lowest BCUT2D eigenvalue weighted by Crippen LogP contribution is -2.30. The summed E-state index contributed by atoms with van der Waals surface area (Å²) in [5, 5.41) is 9.23. The van der Waals surface area contributed by atoms with Crippen molar-refractivity contribution in [3.05, 3.63) is 29.8 Å². The second-order valence-electron chi connectivity index (χ2n) is 2.65. The molecule has 0 saturated carbocycles. The topological polar surface area (TPSA) is 63.3 Å². The smallest absolute Gasteiger partial charge is 0.146 e. The number of hydrogen-bond acceptors (Lipinski definition) is 3. The van der Waals surface area contributed by atoms with E-state index in [0.29, 0.717) is 0 Å². The predicted molar refractivity (Wildman–Crippen MR) is 50.5 cm³/mol. The first kappa shape index (κ1) is 6.16. The second kappa shape index (κ2) is 4.05. The van der Waals surface area contributed by atoms with Crippen LogP contribution in [0.1, 0.15) is 16.6 Å². The zero-order valence-electron chi connectivity index (χ0n) is 10.2. The van der Waals surface area contributed by atoms with E-state index in [1.54, 1.807) is 0 Å². The van der Waals surface area contributed by atoms with Gasteiger partial charge in [0.1, 0.15) is 11.5 Å². The van der Waals surface area contributed by atoms with Crippen LogP contribution in [0.15, 0.2) is 24.3 Å². The molecule has 0 radical (unpaired) electrons. The first-order valence-corrected chi connectivity index (χ1v) is 3.79. The molecule has 0 fully saturated rings. The third-order valence-corrected chi connectivity index (χ3v) is 1.50. The van der Waals surface area contributed by atoms with Crippen LogP contribution in [0, 0.1) is 0 Å². The van der Waals surface area contributed by atoms with Crippen LogP contribution in [-0.4, -0.2) is 16.9 Å². The lowest BCUT2D eigenvalue weighted by atomic mass is 10.0. The maximum absolute atomic E-state index is 11.2. The number of phenols is 1. The molecular formula is C10H13NO2. The summed E-state index contributed by atoms with van der Waals surface area (Å²) >= 11 is 0. The minimum Gasteiger partial charge on any atom is -0.508 e. The Bertz CT molecular complexity index is 418. The predicted octanol–water partition coefficient (Wildman–Crippen LogP) is 0.851. The number of aromatic hydroxyl groups is 1. The molecule has 0 bridgehead atoms. The molecule has 0 aliphatic rings. The van der Waals surface area contributed by atoms with Gasteiger partial charge in [-0.1, -0.05) is 12.1 Å². The molecule has 0 unspecified atom stereocenters. The van der Waals surface area contributed by atoms with Crippen LogP contribution >= 0.6 is 0 Å². The van der Waals surface area contributed by atoms with Gasteiger partial charge in [0.25, 0.3) is 0 Å². The van der Waals surface area contributed by atoms with Gasteiger partial charge in [-0.15, -0.1) is 0 Å². The number of ketones is 1. The number of benzene rings is 1. The molecule has 0 saturated heterocycles. The summed E-state index contributed by atoms with van der Waals surface area (Å²) in [5.41, 5.74) is 5.38. The van der Waals surface area contributed by atoms with Crippen molar-refractivity contribution in [3.8, 4) is 5.75 Å². The van der Waals surface area contributed by atoms with Gasteiger partial charge in [0.05, 0.1) is 7.39 Å². The SMILES string of the molecule is [2H]C([2H])(c1cccc(O)c1)[C@]([2H])(N)C(C)=O. The van der Waals surface area contributed by atoms with E-state index < -0.39 is 18.2 Å². The van der Waals surface area contributed by atoms with Crippen LogP contribution in [0.5, 0.6) is 5.75 Å². The van der Waals surface area contributed by atoms with Crippen LogP contribution in [0.25, 0.3) is 0 Å². The van der Waals surface area contributed by atoms with E-state index in [-0.39, 0.29) is 11.3 Å². The van der Waals surface area contributed by atoms with Gasteiger partial charge >= 0.3 is 0 Å². The Hall–Kier alpha value is -1.35. The van der Waals surface area contributed by atoms with Crippen molar-refractivity contribution in [2.45, 2.75) is 19.3 Å². The van der Waals surface area contributed by atoms with Crippen molar-refractivity contribution in [1.82, 2.24) is 0 Å². The maximum Gasteiger partial charge on any atom is 0.146 e. The van der Waals surface area contributed by atoms with Gasteiger partial charge in [-0.25, -0.2) is 0 Å². The number of rotatable bonds is 3. The molecule has 1 atom stereocenters. The standard InChI is InChI=1S/C10H13NO2/c1-7(12)10(11)6-8-3-2-4-9(13)5-8/h2-5,10,13H,6,11H2,1H3/t10-/m0/s1/i6D2,10D. The van der Waals surface area contributed by atoms with Gasteiger partial charge in [-0.05, 0) is 31.0 Å². The molecule has 0 aliphatic heterocycles. The normalized spacial score (nSPS) is 19.4. The first-order chi connectivity index (χ1) is 7.19. The molecule has 0 aliphatic carbocycles. The molecule has 0 spiro atoms. The summed E-state index contributed by atoms with van der Waals surface area (Å²) in [6, 6.07) is 2.95. The fourth-order valence-corrected chi connectivity index (χ4v) is 0.827. The Morgan fingerprint density at radius 3 is 3.08 bits per heavy atom. The average Bonchev–Trinajstić information content (AvgIpc) is 2.17. The highest BCUT2D eigenvalue weighted by molar-refractivity contribution is 5.81. The highest BCUT2D eigenvalue weighted by Crippen LogP contribution is 2.12. The Morgan fingerprint density at radius 2 is 2.54 bits per heavy atom. The highest BCUT2D eigenvalue weighted by atomic mass is 16.3. The molecule has 1 aromatic rings. The summed E-state index contributed by atoms with van der Waals surface area (Å²) in [6.07, 6.45) is -2.36. The zero-order chi connectivity index (χ0) is 12.6. The lowest BCUT2D eigenvalue weighted by molar-refractivity contribution is -0.118. The van der Waals surface area contributed by atoms with E-state index in [1.807, 2.05) is 0 Å². The third kappa shape index (κ3) is 2.87. The second-order valence-corrected chi connectivity index (χ2v) is 2.65. The molecule has 3 N–H and O–H groups in total. The highest BCUT2D eigenvalue weighted by Gasteiger charge is 2.08. The van der Waals surface area contributed by atoms with E-state index in [2.05, 4.69) is 0 Å². The molecule has 1 rings (SSSR count). The van der Waals surface area contributed by atoms with Crippen molar-refractivity contribution in [2.24, 2.45) is 5.73 Å².